The van der Waals surface area contributed by atoms with Crippen molar-refractivity contribution in [1.82, 2.24) is 19.4 Å². The fourth-order valence-electron chi connectivity index (χ4n) is 3.51. The zero-order chi connectivity index (χ0) is 18.7. The Morgan fingerprint density at radius 1 is 1.38 bits per heavy atom. The minimum Gasteiger partial charge on any atom is -0.478 e. The van der Waals surface area contributed by atoms with E-state index in [0.717, 1.165) is 50.5 Å². The summed E-state index contributed by atoms with van der Waals surface area (Å²) in [6, 6.07) is 3.41. The molecular formula is C19H27N5O2. The van der Waals surface area contributed by atoms with Gasteiger partial charge in [0.1, 0.15) is 17.2 Å². The van der Waals surface area contributed by atoms with Crippen molar-refractivity contribution in [2.45, 2.75) is 32.2 Å². The number of piperidine rings is 1. The highest BCUT2D eigenvalue weighted by atomic mass is 16.4. The lowest BCUT2D eigenvalue weighted by Gasteiger charge is -2.34. The zero-order valence-electron chi connectivity index (χ0n) is 15.7. The van der Waals surface area contributed by atoms with Crippen LogP contribution in [0.15, 0.2) is 24.5 Å². The summed E-state index contributed by atoms with van der Waals surface area (Å²) in [5.74, 6) is 1.02. The second-order valence-corrected chi connectivity index (χ2v) is 7.20. The number of hydrogen-bond donors (Lipinski definition) is 1. The van der Waals surface area contributed by atoms with E-state index in [4.69, 9.17) is 0 Å². The topological polar surface area (TPSA) is 74.5 Å². The first-order valence-corrected chi connectivity index (χ1v) is 9.07. The van der Waals surface area contributed by atoms with Crippen molar-refractivity contribution in [2.24, 2.45) is 0 Å². The van der Waals surface area contributed by atoms with Crippen LogP contribution in [-0.4, -0.2) is 64.2 Å². The summed E-state index contributed by atoms with van der Waals surface area (Å²) in [7, 11) is 4.13. The molecule has 26 heavy (non-hydrogen) atoms. The average molecular weight is 357 g/mol. The predicted molar refractivity (Wildman–Crippen MR) is 101 cm³/mol. The Bertz CT molecular complexity index is 771. The summed E-state index contributed by atoms with van der Waals surface area (Å²) in [4.78, 5) is 25.0. The molecule has 7 nitrogen and oxygen atoms in total. The van der Waals surface area contributed by atoms with Crippen LogP contribution >= 0.6 is 0 Å². The Morgan fingerprint density at radius 3 is 2.92 bits per heavy atom. The van der Waals surface area contributed by atoms with Gasteiger partial charge in [-0.3, -0.25) is 0 Å². The van der Waals surface area contributed by atoms with Gasteiger partial charge in [-0.05, 0) is 46.0 Å². The number of carboxylic acids is 1. The molecule has 0 unspecified atom stereocenters. The standard InChI is InChI=1S/C19H27N5O2/c1-14-6-7-16(19(25)26)18(21-14)24-9-4-5-15(13-24)17-20-8-10-23(17)12-11-22(2)3/h6-8,10,15H,4-5,9,11-13H2,1-3H3,(H,25,26)/t15-/m1/s1. The van der Waals surface area contributed by atoms with E-state index in [1.807, 2.05) is 19.3 Å². The number of aromatic nitrogens is 3. The number of carboxylic acid groups (broad SMARTS) is 1. The summed E-state index contributed by atoms with van der Waals surface area (Å²) in [6.07, 6.45) is 5.95. The Balaban J connectivity index is 1.82. The van der Waals surface area contributed by atoms with Crippen LogP contribution in [-0.2, 0) is 6.54 Å². The summed E-state index contributed by atoms with van der Waals surface area (Å²) in [5, 5.41) is 9.52. The zero-order valence-corrected chi connectivity index (χ0v) is 15.7. The second-order valence-electron chi connectivity index (χ2n) is 7.20. The van der Waals surface area contributed by atoms with E-state index in [1.54, 1.807) is 12.1 Å². The predicted octanol–water partition coefficient (Wildman–Crippen LogP) is 2.23. The van der Waals surface area contributed by atoms with E-state index in [9.17, 15) is 9.90 Å². The summed E-state index contributed by atoms with van der Waals surface area (Å²) in [5.41, 5.74) is 1.10. The number of anilines is 1. The monoisotopic (exact) mass is 357 g/mol. The third-order valence-electron chi connectivity index (χ3n) is 4.87. The fourth-order valence-corrected chi connectivity index (χ4v) is 3.51. The summed E-state index contributed by atoms with van der Waals surface area (Å²) >= 11 is 0. The number of pyridine rings is 1. The number of nitrogens with zero attached hydrogens (tertiary/aromatic N) is 5. The van der Waals surface area contributed by atoms with Gasteiger partial charge in [0.25, 0.3) is 0 Å². The average Bonchev–Trinajstić information content (AvgIpc) is 3.08. The van der Waals surface area contributed by atoms with Gasteiger partial charge >= 0.3 is 5.97 Å². The molecule has 0 radical (unpaired) electrons. The first-order valence-electron chi connectivity index (χ1n) is 9.07. The number of likely N-dealkylation sites (N-methyl/N-ethyl adjacent to an activating group) is 1. The van der Waals surface area contributed by atoms with Crippen molar-refractivity contribution in [3.8, 4) is 0 Å². The van der Waals surface area contributed by atoms with Gasteiger partial charge in [0.05, 0.1) is 0 Å². The minimum absolute atomic E-state index is 0.271. The number of aromatic carboxylic acids is 1. The van der Waals surface area contributed by atoms with Gasteiger partial charge in [-0.15, -0.1) is 0 Å². The highest BCUT2D eigenvalue weighted by molar-refractivity contribution is 5.93. The molecule has 2 aromatic rings. The van der Waals surface area contributed by atoms with Crippen molar-refractivity contribution in [2.75, 3.05) is 38.6 Å². The Morgan fingerprint density at radius 2 is 2.19 bits per heavy atom. The van der Waals surface area contributed by atoms with Crippen molar-refractivity contribution < 1.29 is 9.90 Å². The highest BCUT2D eigenvalue weighted by Gasteiger charge is 2.28. The molecular weight excluding hydrogens is 330 g/mol. The molecule has 3 heterocycles. The molecule has 7 heteroatoms. The van der Waals surface area contributed by atoms with Crippen molar-refractivity contribution in [3.05, 3.63) is 41.6 Å². The van der Waals surface area contributed by atoms with E-state index in [2.05, 4.69) is 38.4 Å². The van der Waals surface area contributed by atoms with Gasteiger partial charge in [-0.1, -0.05) is 0 Å². The van der Waals surface area contributed by atoms with Crippen LogP contribution in [0.25, 0.3) is 0 Å². The largest absolute Gasteiger partial charge is 0.478 e. The van der Waals surface area contributed by atoms with Gasteiger partial charge in [0, 0.05) is 50.2 Å². The lowest BCUT2D eigenvalue weighted by molar-refractivity contribution is 0.0697. The highest BCUT2D eigenvalue weighted by Crippen LogP contribution is 2.30. The van der Waals surface area contributed by atoms with Gasteiger partial charge < -0.3 is 19.5 Å². The van der Waals surface area contributed by atoms with Gasteiger partial charge in [0.2, 0.25) is 0 Å². The van der Waals surface area contributed by atoms with Crippen LogP contribution < -0.4 is 4.90 Å². The summed E-state index contributed by atoms with van der Waals surface area (Å²) in [6.45, 7) is 5.33. The molecule has 0 aromatic carbocycles. The van der Waals surface area contributed by atoms with Crippen molar-refractivity contribution >= 4 is 11.8 Å². The SMILES string of the molecule is Cc1ccc(C(=O)O)c(N2CCC[C@@H](c3nccn3CCN(C)C)C2)n1. The molecule has 0 bridgehead atoms. The Kier molecular flexibility index (Phi) is 5.56. The van der Waals surface area contributed by atoms with Gasteiger partial charge in [-0.25, -0.2) is 14.8 Å². The molecule has 1 aliphatic rings. The fraction of sp³-hybridized carbons (Fsp3) is 0.526. The van der Waals surface area contributed by atoms with Crippen LogP contribution in [0.1, 0.15) is 40.6 Å². The lowest BCUT2D eigenvalue weighted by atomic mass is 9.96. The third kappa shape index (κ3) is 4.04. The molecule has 0 spiro atoms. The first kappa shape index (κ1) is 18.4. The molecule has 3 rings (SSSR count). The van der Waals surface area contributed by atoms with Crippen LogP contribution in [0, 0.1) is 6.92 Å². The quantitative estimate of drug-likeness (QED) is 0.855. The molecule has 1 fully saturated rings. The van der Waals surface area contributed by atoms with Crippen LogP contribution in [0.4, 0.5) is 5.82 Å². The van der Waals surface area contributed by atoms with Gasteiger partial charge in [-0.2, -0.15) is 0 Å². The smallest absolute Gasteiger partial charge is 0.339 e. The third-order valence-corrected chi connectivity index (χ3v) is 4.87. The molecule has 2 aromatic heterocycles. The maximum absolute atomic E-state index is 11.6. The van der Waals surface area contributed by atoms with Crippen LogP contribution in [0.3, 0.4) is 0 Å². The molecule has 140 valence electrons. The number of imidazole rings is 1. The molecule has 0 amide bonds. The van der Waals surface area contributed by atoms with Crippen molar-refractivity contribution in [3.63, 3.8) is 0 Å². The number of hydrogen-bond acceptors (Lipinski definition) is 5. The molecule has 0 aliphatic carbocycles. The van der Waals surface area contributed by atoms with Crippen LogP contribution in [0.5, 0.6) is 0 Å². The first-order chi connectivity index (χ1) is 12.5. The number of carbonyl (C=O) groups is 1. The molecule has 1 atom stereocenters. The number of aryl methyl sites for hydroxylation is 1. The molecule has 1 saturated heterocycles. The van der Waals surface area contributed by atoms with Gasteiger partial charge in [0.15, 0.2) is 0 Å². The van der Waals surface area contributed by atoms with Crippen LogP contribution in [0.2, 0.25) is 0 Å². The number of rotatable bonds is 6. The maximum Gasteiger partial charge on any atom is 0.339 e. The normalized spacial score (nSPS) is 17.7. The van der Waals surface area contributed by atoms with E-state index >= 15 is 0 Å². The summed E-state index contributed by atoms with van der Waals surface area (Å²) < 4.78 is 2.22. The van der Waals surface area contributed by atoms with E-state index < -0.39 is 5.97 Å². The molecule has 0 saturated carbocycles. The Labute approximate surface area is 154 Å². The molecule has 1 N–H and O–H groups in total. The minimum atomic E-state index is -0.929. The van der Waals surface area contributed by atoms with E-state index in [1.165, 1.54) is 0 Å². The molecule has 1 aliphatic heterocycles. The second kappa shape index (κ2) is 7.86. The maximum atomic E-state index is 11.6. The van der Waals surface area contributed by atoms with E-state index in [-0.39, 0.29) is 11.5 Å². The lowest BCUT2D eigenvalue weighted by Crippen LogP contribution is -2.37. The van der Waals surface area contributed by atoms with Crippen molar-refractivity contribution in [1.29, 1.82) is 0 Å². The Hall–Kier alpha value is -2.41. The van der Waals surface area contributed by atoms with E-state index in [0.29, 0.717) is 5.82 Å².